The number of nitrogens with zero attached hydrogens (tertiary/aromatic N) is 2. The van der Waals surface area contributed by atoms with E-state index in [2.05, 4.69) is 20.9 Å². The third-order valence-electron chi connectivity index (χ3n) is 6.69. The van der Waals surface area contributed by atoms with E-state index in [0.717, 1.165) is 0 Å². The van der Waals surface area contributed by atoms with Gasteiger partial charge in [-0.05, 0) is 42.3 Å². The maximum absolute atomic E-state index is 13.3. The average molecular weight is 629 g/mol. The minimum absolute atomic E-state index is 0.0512. The fourth-order valence-electron chi connectivity index (χ4n) is 4.58. The number of primary sulfonamides is 1. The molecule has 1 aliphatic heterocycles. The molecular formula is C28H29ClN6O7S. The Morgan fingerprint density at radius 2 is 1.72 bits per heavy atom. The van der Waals surface area contributed by atoms with Gasteiger partial charge in [0, 0.05) is 37.5 Å². The number of benzene rings is 2. The summed E-state index contributed by atoms with van der Waals surface area (Å²) < 4.78 is 29.0. The Hall–Kier alpha value is -4.37. The molecule has 5 N–H and O–H groups in total. The molecule has 3 aromatic rings. The Kier molecular flexibility index (Phi) is 10.1. The van der Waals surface area contributed by atoms with Crippen LogP contribution in [0.2, 0.25) is 5.02 Å². The lowest BCUT2D eigenvalue weighted by atomic mass is 9.98. The largest absolute Gasteiger partial charge is 0.375 e. The molecule has 2 aromatic carbocycles. The number of hydrogen-bond donors (Lipinski definition) is 4. The number of halogens is 1. The smallest absolute Gasteiger partial charge is 0.314 e. The van der Waals surface area contributed by atoms with Gasteiger partial charge in [0.1, 0.15) is 12.4 Å². The molecular weight excluding hydrogens is 600 g/mol. The first-order valence-corrected chi connectivity index (χ1v) is 14.9. The molecule has 2 atom stereocenters. The van der Waals surface area contributed by atoms with Crippen molar-refractivity contribution < 1.29 is 32.3 Å². The van der Waals surface area contributed by atoms with Crippen LogP contribution in [0.25, 0.3) is 11.1 Å². The Balaban J connectivity index is 1.49. The van der Waals surface area contributed by atoms with Crippen LogP contribution in [0.5, 0.6) is 0 Å². The maximum Gasteiger partial charge on any atom is 0.314 e. The number of likely N-dealkylation sites (tertiary alicyclic amines) is 1. The first kappa shape index (κ1) is 31.6. The van der Waals surface area contributed by atoms with Gasteiger partial charge in [-0.3, -0.25) is 19.2 Å². The van der Waals surface area contributed by atoms with Crippen molar-refractivity contribution in [3.05, 3.63) is 77.4 Å². The highest BCUT2D eigenvalue weighted by Crippen LogP contribution is 2.27. The van der Waals surface area contributed by atoms with Gasteiger partial charge >= 0.3 is 11.8 Å². The summed E-state index contributed by atoms with van der Waals surface area (Å²) >= 11 is 5.80. The zero-order chi connectivity index (χ0) is 31.1. The molecule has 1 aromatic heterocycles. The number of amides is 4. The maximum atomic E-state index is 13.3. The van der Waals surface area contributed by atoms with Crippen LogP contribution < -0.4 is 21.1 Å². The van der Waals surface area contributed by atoms with Crippen molar-refractivity contribution in [2.45, 2.75) is 23.4 Å². The van der Waals surface area contributed by atoms with Crippen LogP contribution >= 0.6 is 11.6 Å². The average Bonchev–Trinajstić information content (AvgIpc) is 2.98. The second kappa shape index (κ2) is 13.7. The summed E-state index contributed by atoms with van der Waals surface area (Å²) in [5.41, 5.74) is 1.15. The molecule has 226 valence electrons. The molecule has 0 saturated carbocycles. The third kappa shape index (κ3) is 8.14. The number of ether oxygens (including phenoxy) is 1. The van der Waals surface area contributed by atoms with Gasteiger partial charge in [0.15, 0.2) is 0 Å². The second-order valence-electron chi connectivity index (χ2n) is 9.66. The van der Waals surface area contributed by atoms with Crippen LogP contribution in [-0.4, -0.2) is 80.8 Å². The van der Waals surface area contributed by atoms with Gasteiger partial charge in [-0.1, -0.05) is 41.9 Å². The van der Waals surface area contributed by atoms with E-state index in [4.69, 9.17) is 21.5 Å². The van der Waals surface area contributed by atoms with E-state index < -0.39 is 39.8 Å². The number of anilines is 1. The van der Waals surface area contributed by atoms with Crippen molar-refractivity contribution in [2.75, 3.05) is 32.1 Å². The fraction of sp³-hybridized carbons (Fsp3) is 0.250. The topological polar surface area (TPSA) is 190 Å². The first-order valence-electron chi connectivity index (χ1n) is 13.0. The number of hydrogen-bond acceptors (Lipinski definition) is 8. The van der Waals surface area contributed by atoms with Gasteiger partial charge in [-0.25, -0.2) is 18.5 Å². The molecule has 1 fully saturated rings. The van der Waals surface area contributed by atoms with Gasteiger partial charge in [0.2, 0.25) is 15.9 Å². The number of carbonyl (C=O) groups excluding carboxylic acids is 4. The summed E-state index contributed by atoms with van der Waals surface area (Å²) in [4.78, 5) is 56.4. The number of pyridine rings is 1. The van der Waals surface area contributed by atoms with Crippen LogP contribution in [0, 0.1) is 0 Å². The van der Waals surface area contributed by atoms with Gasteiger partial charge in [-0.15, -0.1) is 0 Å². The highest BCUT2D eigenvalue weighted by molar-refractivity contribution is 7.89. The monoisotopic (exact) mass is 628 g/mol. The van der Waals surface area contributed by atoms with Gasteiger partial charge < -0.3 is 25.6 Å². The standard InChI is InChI=1S/C28H29ClN6O7S/c1-42-16-25(36)35-13-12-21(32-27(38)28(39)34-24-11-10-19(29)14-31-24)22(15-35)33-26(37)18-8-6-17(7-9-18)20-4-2-3-5-23(20)43(30,40)41/h2-11,14,21-22H,12-13,15-16H2,1H3,(H,32,38)(H,33,37)(H2,30,40,41)(H,31,34,39). The van der Waals surface area contributed by atoms with Crippen LogP contribution in [0.15, 0.2) is 71.8 Å². The van der Waals surface area contributed by atoms with Gasteiger partial charge in [0.05, 0.1) is 22.0 Å². The molecule has 0 spiro atoms. The quantitative estimate of drug-likeness (QED) is 0.267. The van der Waals surface area contributed by atoms with Crippen molar-refractivity contribution in [3.63, 3.8) is 0 Å². The molecule has 15 heteroatoms. The molecule has 0 bridgehead atoms. The van der Waals surface area contributed by atoms with E-state index >= 15 is 0 Å². The molecule has 1 saturated heterocycles. The lowest BCUT2D eigenvalue weighted by Crippen LogP contribution is -2.62. The SMILES string of the molecule is COCC(=O)N1CCC(NC(=O)C(=O)Nc2ccc(Cl)cn2)C(NC(=O)c2ccc(-c3ccccc3S(N)(=O)=O)cc2)C1. The second-order valence-corrected chi connectivity index (χ2v) is 11.6. The third-order valence-corrected chi connectivity index (χ3v) is 7.89. The zero-order valence-electron chi connectivity index (χ0n) is 22.9. The number of nitrogens with one attached hydrogen (secondary N) is 3. The Morgan fingerprint density at radius 3 is 2.37 bits per heavy atom. The summed E-state index contributed by atoms with van der Waals surface area (Å²) in [5.74, 6) is -2.59. The van der Waals surface area contributed by atoms with Crippen molar-refractivity contribution in [3.8, 4) is 11.1 Å². The van der Waals surface area contributed by atoms with Gasteiger partial charge in [-0.2, -0.15) is 0 Å². The molecule has 4 amide bonds. The predicted octanol–water partition coefficient (Wildman–Crippen LogP) is 1.15. The Bertz CT molecular complexity index is 1620. The Morgan fingerprint density at radius 1 is 1.00 bits per heavy atom. The van der Waals surface area contributed by atoms with Crippen LogP contribution in [0.1, 0.15) is 16.8 Å². The van der Waals surface area contributed by atoms with Crippen molar-refractivity contribution in [2.24, 2.45) is 5.14 Å². The zero-order valence-corrected chi connectivity index (χ0v) is 24.5. The summed E-state index contributed by atoms with van der Waals surface area (Å²) in [6.07, 6.45) is 1.57. The van der Waals surface area contributed by atoms with Crippen molar-refractivity contribution >= 4 is 51.1 Å². The van der Waals surface area contributed by atoms with Crippen LogP contribution in [0.3, 0.4) is 0 Å². The molecule has 13 nitrogen and oxygen atoms in total. The minimum atomic E-state index is -3.98. The van der Waals surface area contributed by atoms with Gasteiger partial charge in [0.25, 0.3) is 5.91 Å². The number of aromatic nitrogens is 1. The summed E-state index contributed by atoms with van der Waals surface area (Å²) in [7, 11) is -2.59. The summed E-state index contributed by atoms with van der Waals surface area (Å²) in [6.45, 7) is 0.159. The van der Waals surface area contributed by atoms with E-state index in [-0.39, 0.29) is 48.3 Å². The predicted molar refractivity (Wildman–Crippen MR) is 157 cm³/mol. The number of methoxy groups -OCH3 is 1. The lowest BCUT2D eigenvalue weighted by Gasteiger charge is -2.39. The highest BCUT2D eigenvalue weighted by atomic mass is 35.5. The molecule has 2 unspecified atom stereocenters. The van der Waals surface area contributed by atoms with E-state index in [1.807, 2.05) is 0 Å². The van der Waals surface area contributed by atoms with Crippen LogP contribution in [0.4, 0.5) is 5.82 Å². The summed E-state index contributed by atoms with van der Waals surface area (Å²) in [5, 5.41) is 13.6. The lowest BCUT2D eigenvalue weighted by molar-refractivity contribution is -0.138. The van der Waals surface area contributed by atoms with Crippen molar-refractivity contribution in [1.82, 2.24) is 20.5 Å². The normalized spacial score (nSPS) is 16.7. The van der Waals surface area contributed by atoms with Crippen molar-refractivity contribution in [1.29, 1.82) is 0 Å². The first-order chi connectivity index (χ1) is 20.5. The molecule has 4 rings (SSSR count). The minimum Gasteiger partial charge on any atom is -0.375 e. The van der Waals surface area contributed by atoms with E-state index in [0.29, 0.717) is 16.1 Å². The number of sulfonamides is 1. The molecule has 0 radical (unpaired) electrons. The number of piperidine rings is 1. The van der Waals surface area contributed by atoms with E-state index in [9.17, 15) is 27.6 Å². The van der Waals surface area contributed by atoms with E-state index in [1.165, 1.54) is 48.5 Å². The van der Waals surface area contributed by atoms with E-state index in [1.54, 1.807) is 30.3 Å². The molecule has 0 aliphatic carbocycles. The number of rotatable bonds is 8. The number of carbonyl (C=O) groups is 4. The molecule has 2 heterocycles. The summed E-state index contributed by atoms with van der Waals surface area (Å²) in [6, 6.07) is 13.9. The molecule has 1 aliphatic rings. The van der Waals surface area contributed by atoms with Crippen LogP contribution in [-0.2, 0) is 29.1 Å². The highest BCUT2D eigenvalue weighted by Gasteiger charge is 2.34. The number of nitrogens with two attached hydrogens (primary N) is 1. The molecule has 43 heavy (non-hydrogen) atoms. The Labute approximate surface area is 252 Å². The fourth-order valence-corrected chi connectivity index (χ4v) is 5.45.